The third-order valence-corrected chi connectivity index (χ3v) is 3.64. The molecule has 126 valence electrons. The molecule has 3 rings (SSSR count). The second kappa shape index (κ2) is 6.35. The molecule has 1 fully saturated rings. The Bertz CT molecular complexity index is 737. The van der Waals surface area contributed by atoms with E-state index in [-0.39, 0.29) is 17.9 Å². The Morgan fingerprint density at radius 3 is 2.71 bits per heavy atom. The number of aromatic hydroxyl groups is 1. The van der Waals surface area contributed by atoms with E-state index >= 15 is 0 Å². The van der Waals surface area contributed by atoms with Gasteiger partial charge in [-0.25, -0.2) is 13.6 Å². The number of alkyl halides is 2. The highest BCUT2D eigenvalue weighted by atomic mass is 19.3. The lowest BCUT2D eigenvalue weighted by Gasteiger charge is -2.32. The van der Waals surface area contributed by atoms with Gasteiger partial charge in [0.25, 0.3) is 0 Å². The van der Waals surface area contributed by atoms with Crippen LogP contribution in [0.5, 0.6) is 11.5 Å². The molecule has 1 heterocycles. The van der Waals surface area contributed by atoms with E-state index in [4.69, 9.17) is 4.74 Å². The zero-order valence-electron chi connectivity index (χ0n) is 12.5. The second-order valence-electron chi connectivity index (χ2n) is 5.41. The topological polar surface area (TPSA) is 67.8 Å². The van der Waals surface area contributed by atoms with Crippen LogP contribution in [0.25, 0.3) is 0 Å². The van der Waals surface area contributed by atoms with Crippen LogP contribution in [0, 0.1) is 0 Å². The molecule has 0 saturated carbocycles. The number of amides is 1. The fourth-order valence-electron chi connectivity index (χ4n) is 2.41. The average molecular weight is 335 g/mol. The number of hydrogen-bond donors (Lipinski definition) is 2. The van der Waals surface area contributed by atoms with Crippen LogP contribution in [0.15, 0.2) is 48.5 Å². The first-order valence-electron chi connectivity index (χ1n) is 7.26. The smallest absolute Gasteiger partial charge is 0.408 e. The number of alkyl carbamates (subject to hydrolysis) is 1. The lowest BCUT2D eigenvalue weighted by atomic mass is 9.99. The molecule has 1 saturated heterocycles. The fourth-order valence-corrected chi connectivity index (χ4v) is 2.41. The van der Waals surface area contributed by atoms with Gasteiger partial charge >= 0.3 is 12.0 Å². The Morgan fingerprint density at radius 2 is 2.00 bits per heavy atom. The molecule has 0 bridgehead atoms. The molecule has 5 nitrogen and oxygen atoms in total. The molecule has 2 N–H and O–H groups in total. The maximum atomic E-state index is 13.9. The molecular weight excluding hydrogens is 320 g/mol. The Balaban J connectivity index is 1.76. The van der Waals surface area contributed by atoms with Crippen molar-refractivity contribution >= 4 is 6.09 Å². The van der Waals surface area contributed by atoms with Gasteiger partial charge in [-0.2, -0.15) is 0 Å². The SMILES string of the molecule is O=C1N[C@@H](c2ccc(OCc3ccccc3)cc2O)C(F)(F)CO1. The number of ether oxygens (including phenoxy) is 2. The number of rotatable bonds is 4. The Kier molecular flexibility index (Phi) is 4.24. The summed E-state index contributed by atoms with van der Waals surface area (Å²) in [7, 11) is 0. The van der Waals surface area contributed by atoms with Gasteiger partial charge in [0.15, 0.2) is 6.61 Å². The first kappa shape index (κ1) is 16.0. The summed E-state index contributed by atoms with van der Waals surface area (Å²) in [5, 5.41) is 12.1. The largest absolute Gasteiger partial charge is 0.507 e. The van der Waals surface area contributed by atoms with Gasteiger partial charge in [-0.1, -0.05) is 30.3 Å². The molecule has 2 aromatic carbocycles. The van der Waals surface area contributed by atoms with E-state index in [9.17, 15) is 18.7 Å². The molecule has 0 aliphatic carbocycles. The molecule has 0 radical (unpaired) electrons. The number of carbonyl (C=O) groups excluding carboxylic acids is 1. The normalized spacial score (nSPS) is 19.2. The van der Waals surface area contributed by atoms with E-state index in [0.29, 0.717) is 5.75 Å². The second-order valence-corrected chi connectivity index (χ2v) is 5.41. The maximum absolute atomic E-state index is 13.9. The third-order valence-electron chi connectivity index (χ3n) is 3.64. The van der Waals surface area contributed by atoms with E-state index in [1.54, 1.807) is 0 Å². The first-order valence-corrected chi connectivity index (χ1v) is 7.26. The first-order chi connectivity index (χ1) is 11.5. The lowest BCUT2D eigenvalue weighted by Crippen LogP contribution is -2.49. The number of carbonyl (C=O) groups is 1. The highest BCUT2D eigenvalue weighted by Gasteiger charge is 2.47. The minimum absolute atomic E-state index is 0.0938. The van der Waals surface area contributed by atoms with Gasteiger partial charge in [-0.05, 0) is 17.7 Å². The molecule has 1 amide bonds. The predicted octanol–water partition coefficient (Wildman–Crippen LogP) is 3.39. The molecule has 2 aromatic rings. The average Bonchev–Trinajstić information content (AvgIpc) is 2.57. The van der Waals surface area contributed by atoms with E-state index in [2.05, 4.69) is 4.74 Å². The third kappa shape index (κ3) is 3.40. The van der Waals surface area contributed by atoms with Crippen LogP contribution in [-0.4, -0.2) is 23.7 Å². The standard InChI is InChI=1S/C17H15F2NO4/c18-17(19)10-24-16(22)20-15(17)13-7-6-12(8-14(13)21)23-9-11-4-2-1-3-5-11/h1-8,15,21H,9-10H2,(H,20,22)/t15-/m0/s1. The predicted molar refractivity (Wildman–Crippen MR) is 81.1 cm³/mol. The number of benzene rings is 2. The Labute approximate surface area is 136 Å². The molecule has 7 heteroatoms. The summed E-state index contributed by atoms with van der Waals surface area (Å²) >= 11 is 0. The summed E-state index contributed by atoms with van der Waals surface area (Å²) in [4.78, 5) is 11.2. The van der Waals surface area contributed by atoms with Crippen molar-refractivity contribution in [3.05, 3.63) is 59.7 Å². The van der Waals surface area contributed by atoms with E-state index in [1.807, 2.05) is 35.6 Å². The zero-order valence-corrected chi connectivity index (χ0v) is 12.5. The van der Waals surface area contributed by atoms with Gasteiger partial charge in [0.05, 0.1) is 0 Å². The maximum Gasteiger partial charge on any atom is 0.408 e. The van der Waals surface area contributed by atoms with Crippen molar-refractivity contribution in [2.75, 3.05) is 6.61 Å². The molecule has 1 atom stereocenters. The number of phenols is 1. The van der Waals surface area contributed by atoms with Crippen LogP contribution in [0.2, 0.25) is 0 Å². The van der Waals surface area contributed by atoms with Crippen molar-refractivity contribution in [3.8, 4) is 11.5 Å². The number of phenolic OH excluding ortho intramolecular Hbond substituents is 1. The van der Waals surface area contributed by atoms with Gasteiger partial charge in [0.2, 0.25) is 0 Å². The van der Waals surface area contributed by atoms with Crippen LogP contribution in [0.1, 0.15) is 17.2 Å². The van der Waals surface area contributed by atoms with Crippen molar-refractivity contribution in [1.29, 1.82) is 0 Å². The van der Waals surface area contributed by atoms with Crippen LogP contribution in [0.4, 0.5) is 13.6 Å². The van der Waals surface area contributed by atoms with Gasteiger partial charge in [0, 0.05) is 11.6 Å². The monoisotopic (exact) mass is 335 g/mol. The highest BCUT2D eigenvalue weighted by molar-refractivity contribution is 5.69. The minimum Gasteiger partial charge on any atom is -0.507 e. The Hall–Kier alpha value is -2.83. The molecule has 0 unspecified atom stereocenters. The summed E-state index contributed by atoms with van der Waals surface area (Å²) < 4.78 is 37.6. The quantitative estimate of drug-likeness (QED) is 0.899. The van der Waals surface area contributed by atoms with Crippen molar-refractivity contribution < 1.29 is 28.2 Å². The van der Waals surface area contributed by atoms with Crippen molar-refractivity contribution in [2.24, 2.45) is 0 Å². The van der Waals surface area contributed by atoms with Crippen molar-refractivity contribution in [3.63, 3.8) is 0 Å². The fraction of sp³-hybridized carbons (Fsp3) is 0.235. The lowest BCUT2D eigenvalue weighted by molar-refractivity contribution is -0.104. The number of nitrogens with one attached hydrogen (secondary N) is 1. The summed E-state index contributed by atoms with van der Waals surface area (Å²) in [6.45, 7) is -0.751. The van der Waals surface area contributed by atoms with Crippen LogP contribution in [-0.2, 0) is 11.3 Å². The Morgan fingerprint density at radius 1 is 1.25 bits per heavy atom. The minimum atomic E-state index is -3.32. The van der Waals surface area contributed by atoms with Gasteiger partial charge < -0.3 is 19.9 Å². The van der Waals surface area contributed by atoms with Gasteiger partial charge in [0.1, 0.15) is 24.1 Å². The molecule has 1 aliphatic rings. The highest BCUT2D eigenvalue weighted by Crippen LogP contribution is 2.39. The number of hydrogen-bond acceptors (Lipinski definition) is 4. The molecule has 0 spiro atoms. The molecule has 1 aliphatic heterocycles. The van der Waals surface area contributed by atoms with Crippen molar-refractivity contribution in [1.82, 2.24) is 5.32 Å². The number of halogens is 2. The summed E-state index contributed by atoms with van der Waals surface area (Å²) in [6.07, 6.45) is -0.949. The summed E-state index contributed by atoms with van der Waals surface area (Å²) in [5.74, 6) is -3.37. The van der Waals surface area contributed by atoms with Crippen molar-refractivity contribution in [2.45, 2.75) is 18.6 Å². The summed E-state index contributed by atoms with van der Waals surface area (Å²) in [5.41, 5.74) is 0.841. The molecule has 24 heavy (non-hydrogen) atoms. The van der Waals surface area contributed by atoms with Gasteiger partial charge in [-0.15, -0.1) is 0 Å². The summed E-state index contributed by atoms with van der Waals surface area (Å²) in [6, 6.07) is 11.8. The zero-order chi connectivity index (χ0) is 17.2. The van der Waals surface area contributed by atoms with E-state index in [0.717, 1.165) is 5.56 Å². The van der Waals surface area contributed by atoms with Crippen LogP contribution >= 0.6 is 0 Å². The van der Waals surface area contributed by atoms with Crippen LogP contribution in [0.3, 0.4) is 0 Å². The molecular formula is C17H15F2NO4. The van der Waals surface area contributed by atoms with E-state index < -0.39 is 24.7 Å². The van der Waals surface area contributed by atoms with Crippen LogP contribution < -0.4 is 10.1 Å². The molecule has 0 aromatic heterocycles. The van der Waals surface area contributed by atoms with E-state index in [1.165, 1.54) is 18.2 Å². The number of cyclic esters (lactones) is 1. The van der Waals surface area contributed by atoms with Gasteiger partial charge in [-0.3, -0.25) is 0 Å².